The maximum atomic E-state index is 12.7. The molecule has 1 amide bonds. The van der Waals surface area contributed by atoms with Crippen LogP contribution in [0, 0.1) is 0 Å². The minimum absolute atomic E-state index is 0.173. The molecule has 1 aliphatic rings. The average molecular weight is 452 g/mol. The normalized spacial score (nSPS) is 15.3. The van der Waals surface area contributed by atoms with Crippen LogP contribution in [0.5, 0.6) is 0 Å². The zero-order valence-electron chi connectivity index (χ0n) is 16.9. The van der Waals surface area contributed by atoms with Crippen LogP contribution in [-0.4, -0.2) is 62.9 Å². The maximum absolute atomic E-state index is 12.7. The number of halogens is 1. The summed E-state index contributed by atoms with van der Waals surface area (Å²) in [6, 6.07) is 13.8. The molecule has 0 radical (unpaired) electrons. The second kappa shape index (κ2) is 10.4. The molecule has 0 spiro atoms. The van der Waals surface area contributed by atoms with Gasteiger partial charge in [0, 0.05) is 30.3 Å². The summed E-state index contributed by atoms with van der Waals surface area (Å²) in [5.74, 6) is -0.173. The van der Waals surface area contributed by atoms with E-state index in [1.165, 1.54) is 16.4 Å². The van der Waals surface area contributed by atoms with Crippen LogP contribution in [0.3, 0.4) is 0 Å². The highest BCUT2D eigenvalue weighted by Gasteiger charge is 2.26. The summed E-state index contributed by atoms with van der Waals surface area (Å²) in [4.78, 5) is 14.6. The summed E-state index contributed by atoms with van der Waals surface area (Å²) in [5, 5.41) is 3.50. The molecule has 2 aromatic rings. The number of sulfonamides is 1. The molecule has 2 aromatic carbocycles. The van der Waals surface area contributed by atoms with Gasteiger partial charge in [0.2, 0.25) is 15.9 Å². The Morgan fingerprint density at radius 2 is 1.80 bits per heavy atom. The highest BCUT2D eigenvalue weighted by molar-refractivity contribution is 7.89. The molecule has 1 N–H and O–H groups in total. The molecule has 1 aliphatic heterocycles. The van der Waals surface area contributed by atoms with Crippen molar-refractivity contribution in [2.24, 2.45) is 0 Å². The van der Waals surface area contributed by atoms with Crippen molar-refractivity contribution in [3.63, 3.8) is 0 Å². The second-order valence-electron chi connectivity index (χ2n) is 6.98. The highest BCUT2D eigenvalue weighted by Crippen LogP contribution is 2.20. The van der Waals surface area contributed by atoms with Crippen LogP contribution in [0.4, 0.5) is 5.69 Å². The average Bonchev–Trinajstić information content (AvgIpc) is 2.75. The molecular weight excluding hydrogens is 426 g/mol. The lowest BCUT2D eigenvalue weighted by Crippen LogP contribution is -2.40. The monoisotopic (exact) mass is 451 g/mol. The van der Waals surface area contributed by atoms with Crippen LogP contribution in [-0.2, 0) is 26.1 Å². The fourth-order valence-electron chi connectivity index (χ4n) is 3.20. The van der Waals surface area contributed by atoms with E-state index in [0.717, 1.165) is 5.56 Å². The number of benzene rings is 2. The number of carbonyl (C=O) groups is 1. The van der Waals surface area contributed by atoms with Gasteiger partial charge in [-0.05, 0) is 42.4 Å². The number of morpholine rings is 1. The Kier molecular flexibility index (Phi) is 7.85. The van der Waals surface area contributed by atoms with Crippen LogP contribution in [0.2, 0.25) is 5.02 Å². The number of nitrogens with zero attached hydrogens (tertiary/aromatic N) is 2. The smallest absolute Gasteiger partial charge is 0.243 e. The molecule has 30 heavy (non-hydrogen) atoms. The van der Waals surface area contributed by atoms with E-state index in [1.807, 2.05) is 36.1 Å². The standard InChI is InChI=1S/C21H26ClN3O4S/c1-2-24(15-17-5-3-4-6-20(17)22)16-21(26)23-18-7-9-19(10-8-18)30(27,28)25-11-13-29-14-12-25/h3-10H,2,11-16H2,1H3,(H,23,26). The maximum Gasteiger partial charge on any atom is 0.243 e. The molecule has 0 aliphatic carbocycles. The molecule has 9 heteroatoms. The van der Waals surface area contributed by atoms with E-state index >= 15 is 0 Å². The topological polar surface area (TPSA) is 79.0 Å². The number of amides is 1. The first-order valence-electron chi connectivity index (χ1n) is 9.83. The summed E-state index contributed by atoms with van der Waals surface area (Å²) in [6.45, 7) is 4.93. The van der Waals surface area contributed by atoms with Gasteiger partial charge in [-0.3, -0.25) is 9.69 Å². The first-order valence-corrected chi connectivity index (χ1v) is 11.7. The Morgan fingerprint density at radius 1 is 1.13 bits per heavy atom. The van der Waals surface area contributed by atoms with Crippen molar-refractivity contribution in [2.75, 3.05) is 44.7 Å². The number of anilines is 1. The zero-order chi connectivity index (χ0) is 21.6. The van der Waals surface area contributed by atoms with E-state index in [2.05, 4.69) is 5.32 Å². The minimum Gasteiger partial charge on any atom is -0.379 e. The number of likely N-dealkylation sites (N-methyl/N-ethyl adjacent to an activating group) is 1. The Morgan fingerprint density at radius 3 is 2.43 bits per heavy atom. The van der Waals surface area contributed by atoms with Gasteiger partial charge < -0.3 is 10.1 Å². The lowest BCUT2D eigenvalue weighted by atomic mass is 10.2. The molecule has 162 valence electrons. The predicted octanol–water partition coefficient (Wildman–Crippen LogP) is 2.82. The molecule has 7 nitrogen and oxygen atoms in total. The lowest BCUT2D eigenvalue weighted by molar-refractivity contribution is -0.117. The first-order chi connectivity index (χ1) is 14.4. The molecule has 0 bridgehead atoms. The van der Waals surface area contributed by atoms with E-state index < -0.39 is 10.0 Å². The van der Waals surface area contributed by atoms with Gasteiger partial charge in [-0.25, -0.2) is 8.42 Å². The summed E-state index contributed by atoms with van der Waals surface area (Å²) in [6.07, 6.45) is 0. The molecule has 1 fully saturated rings. The quantitative estimate of drug-likeness (QED) is 0.667. The Bertz CT molecular complexity index is 960. The molecule has 1 heterocycles. The van der Waals surface area contributed by atoms with Gasteiger partial charge in [-0.2, -0.15) is 4.31 Å². The van der Waals surface area contributed by atoms with Crippen LogP contribution in [0.15, 0.2) is 53.4 Å². The summed E-state index contributed by atoms with van der Waals surface area (Å²) in [7, 11) is -3.55. The summed E-state index contributed by atoms with van der Waals surface area (Å²) >= 11 is 6.21. The molecular formula is C21H26ClN3O4S. The molecule has 0 atom stereocenters. The van der Waals surface area contributed by atoms with E-state index in [1.54, 1.807) is 12.1 Å². The first kappa shape index (κ1) is 22.7. The van der Waals surface area contributed by atoms with E-state index in [9.17, 15) is 13.2 Å². The van der Waals surface area contributed by atoms with Crippen molar-refractivity contribution in [3.8, 4) is 0 Å². The second-order valence-corrected chi connectivity index (χ2v) is 9.33. The van der Waals surface area contributed by atoms with Gasteiger partial charge in [0.25, 0.3) is 0 Å². The SMILES string of the molecule is CCN(CC(=O)Nc1ccc(S(=O)(=O)N2CCOCC2)cc1)Cc1ccccc1Cl. The van der Waals surface area contributed by atoms with Crippen molar-refractivity contribution in [1.29, 1.82) is 0 Å². The van der Waals surface area contributed by atoms with Gasteiger partial charge in [0.1, 0.15) is 0 Å². The Hall–Kier alpha value is -1.97. The summed E-state index contributed by atoms with van der Waals surface area (Å²) in [5.41, 5.74) is 1.52. The van der Waals surface area contributed by atoms with Gasteiger partial charge in [0.15, 0.2) is 0 Å². The van der Waals surface area contributed by atoms with Crippen LogP contribution >= 0.6 is 11.6 Å². The molecule has 0 aromatic heterocycles. The third kappa shape index (κ3) is 5.80. The van der Waals surface area contributed by atoms with Gasteiger partial charge in [-0.15, -0.1) is 0 Å². The Balaban J connectivity index is 1.59. The highest BCUT2D eigenvalue weighted by atomic mass is 35.5. The number of nitrogens with one attached hydrogen (secondary N) is 1. The molecule has 3 rings (SSSR count). The van der Waals surface area contributed by atoms with Crippen molar-refractivity contribution >= 4 is 33.2 Å². The molecule has 0 saturated carbocycles. The number of hydrogen-bond acceptors (Lipinski definition) is 5. The van der Waals surface area contributed by atoms with E-state index in [4.69, 9.17) is 16.3 Å². The Labute approximate surface area is 182 Å². The van der Waals surface area contributed by atoms with Gasteiger partial charge in [-0.1, -0.05) is 36.7 Å². The number of rotatable bonds is 8. The van der Waals surface area contributed by atoms with Crippen LogP contribution < -0.4 is 5.32 Å². The zero-order valence-corrected chi connectivity index (χ0v) is 18.5. The lowest BCUT2D eigenvalue weighted by Gasteiger charge is -2.26. The minimum atomic E-state index is -3.55. The van der Waals surface area contributed by atoms with E-state index in [0.29, 0.717) is 50.1 Å². The van der Waals surface area contributed by atoms with Crippen molar-refractivity contribution in [2.45, 2.75) is 18.4 Å². The fourth-order valence-corrected chi connectivity index (χ4v) is 4.80. The molecule has 1 saturated heterocycles. The largest absolute Gasteiger partial charge is 0.379 e. The van der Waals surface area contributed by atoms with Crippen LogP contribution in [0.25, 0.3) is 0 Å². The molecule has 0 unspecified atom stereocenters. The summed E-state index contributed by atoms with van der Waals surface area (Å²) < 4.78 is 32.0. The third-order valence-corrected chi connectivity index (χ3v) is 7.19. The third-order valence-electron chi connectivity index (χ3n) is 4.91. The van der Waals surface area contributed by atoms with Gasteiger partial charge >= 0.3 is 0 Å². The van der Waals surface area contributed by atoms with E-state index in [-0.39, 0.29) is 17.3 Å². The fraction of sp³-hybridized carbons (Fsp3) is 0.381. The van der Waals surface area contributed by atoms with Crippen LogP contribution in [0.1, 0.15) is 12.5 Å². The number of hydrogen-bond donors (Lipinski definition) is 1. The van der Waals surface area contributed by atoms with Gasteiger partial charge in [0.05, 0.1) is 24.7 Å². The van der Waals surface area contributed by atoms with Crippen molar-refractivity contribution in [1.82, 2.24) is 9.21 Å². The van der Waals surface area contributed by atoms with Crippen molar-refractivity contribution < 1.29 is 17.9 Å². The number of carbonyl (C=O) groups excluding carboxylic acids is 1. The van der Waals surface area contributed by atoms with Crippen molar-refractivity contribution in [3.05, 3.63) is 59.1 Å². The number of ether oxygens (including phenoxy) is 1. The predicted molar refractivity (Wildman–Crippen MR) is 117 cm³/mol.